The second-order valence-electron chi connectivity index (χ2n) is 10.6. The van der Waals surface area contributed by atoms with Crippen LogP contribution >= 0.6 is 34.5 Å². The first-order valence-electron chi connectivity index (χ1n) is 14.4. The number of halogens is 2. The molecule has 0 unspecified atom stereocenters. The minimum absolute atomic E-state index is 0.0518. The van der Waals surface area contributed by atoms with Gasteiger partial charge in [-0.05, 0) is 77.2 Å². The number of carbonyl (C=O) groups excluding carboxylic acids is 4. The van der Waals surface area contributed by atoms with Crippen molar-refractivity contribution in [3.05, 3.63) is 105 Å². The molecule has 1 aliphatic rings. The maximum Gasteiger partial charge on any atom is 0.307 e. The van der Waals surface area contributed by atoms with Crippen molar-refractivity contribution >= 4 is 80.1 Å². The lowest BCUT2D eigenvalue weighted by molar-refractivity contribution is -0.141. The number of ether oxygens (including phenoxy) is 1. The molecule has 3 aromatic carbocycles. The van der Waals surface area contributed by atoms with Gasteiger partial charge in [-0.3, -0.25) is 19.2 Å². The highest BCUT2D eigenvalue weighted by Crippen LogP contribution is 2.37. The summed E-state index contributed by atoms with van der Waals surface area (Å²) in [4.78, 5) is 52.6. The van der Waals surface area contributed by atoms with E-state index in [2.05, 4.69) is 10.6 Å². The van der Waals surface area contributed by atoms with Gasteiger partial charge < -0.3 is 20.3 Å². The van der Waals surface area contributed by atoms with Gasteiger partial charge in [-0.25, -0.2) is 0 Å². The average molecular weight is 665 g/mol. The molecular weight excluding hydrogens is 633 g/mol. The van der Waals surface area contributed by atoms with Crippen molar-refractivity contribution in [1.29, 1.82) is 0 Å². The van der Waals surface area contributed by atoms with Gasteiger partial charge in [0.2, 0.25) is 11.8 Å². The second kappa shape index (κ2) is 14.7. The van der Waals surface area contributed by atoms with Gasteiger partial charge in [-0.1, -0.05) is 53.5 Å². The summed E-state index contributed by atoms with van der Waals surface area (Å²) in [5, 5.41) is 9.62. The van der Waals surface area contributed by atoms with Crippen molar-refractivity contribution in [2.75, 3.05) is 25.5 Å². The highest BCUT2D eigenvalue weighted by Gasteiger charge is 2.29. The van der Waals surface area contributed by atoms with E-state index in [4.69, 9.17) is 27.9 Å². The lowest BCUT2D eigenvalue weighted by atomic mass is 9.94. The number of nitrogens with zero attached hydrogens (tertiary/aromatic N) is 1. The van der Waals surface area contributed by atoms with Crippen LogP contribution in [-0.2, 0) is 19.1 Å². The van der Waals surface area contributed by atoms with Gasteiger partial charge in [0.1, 0.15) is 0 Å². The second-order valence-corrected chi connectivity index (χ2v) is 12.3. The number of hydrogen-bond acceptors (Lipinski definition) is 6. The molecule has 0 radical (unpaired) electrons. The number of likely N-dealkylation sites (tertiary alicyclic amines) is 1. The smallest absolute Gasteiger partial charge is 0.307 e. The maximum absolute atomic E-state index is 13.3. The van der Waals surface area contributed by atoms with Crippen molar-refractivity contribution in [3.8, 4) is 0 Å². The monoisotopic (exact) mass is 663 g/mol. The van der Waals surface area contributed by atoms with Crippen LogP contribution in [-0.4, -0.2) is 48.8 Å². The Bertz CT molecular complexity index is 1730. The Morgan fingerprint density at radius 2 is 1.71 bits per heavy atom. The van der Waals surface area contributed by atoms with E-state index in [1.165, 1.54) is 24.5 Å². The van der Waals surface area contributed by atoms with Crippen LogP contribution < -0.4 is 10.6 Å². The van der Waals surface area contributed by atoms with Gasteiger partial charge in [0.25, 0.3) is 5.91 Å². The molecule has 2 N–H and O–H groups in total. The van der Waals surface area contributed by atoms with E-state index in [1.54, 1.807) is 59.5 Å². The summed E-state index contributed by atoms with van der Waals surface area (Å²) in [5.41, 5.74) is 2.48. The molecular formula is C34H31Cl2N3O5S. The molecule has 11 heteroatoms. The number of anilines is 1. The molecule has 1 saturated heterocycles. The molecule has 1 aromatic heterocycles. The molecule has 5 rings (SSSR count). The molecule has 0 spiro atoms. The third-order valence-electron chi connectivity index (χ3n) is 7.76. The highest BCUT2D eigenvalue weighted by molar-refractivity contribution is 7.18. The van der Waals surface area contributed by atoms with Gasteiger partial charge in [-0.2, -0.15) is 0 Å². The average Bonchev–Trinajstić information content (AvgIpc) is 3.55. The van der Waals surface area contributed by atoms with Gasteiger partial charge >= 0.3 is 5.97 Å². The zero-order valence-electron chi connectivity index (χ0n) is 24.4. The fourth-order valence-electron chi connectivity index (χ4n) is 5.20. The van der Waals surface area contributed by atoms with Crippen LogP contribution in [0, 0.1) is 5.92 Å². The SMILES string of the molecule is COC(=O)C[C@@H](NC(=O)C1CCN(C(=O)/C=C/c2cc3ccsc3c(Cl)c2Cl)CC1)c1ccc(NC(=O)c2ccccc2)cc1. The lowest BCUT2D eigenvalue weighted by Gasteiger charge is -2.31. The summed E-state index contributed by atoms with van der Waals surface area (Å²) in [5.74, 6) is -1.39. The molecule has 0 bridgehead atoms. The Balaban J connectivity index is 1.18. The van der Waals surface area contributed by atoms with Gasteiger partial charge in [0, 0.05) is 36.3 Å². The number of carbonyl (C=O) groups is 4. The van der Waals surface area contributed by atoms with E-state index in [1.807, 2.05) is 23.6 Å². The number of methoxy groups -OCH3 is 1. The quantitative estimate of drug-likeness (QED) is 0.146. The predicted octanol–water partition coefficient (Wildman–Crippen LogP) is 7.13. The maximum atomic E-state index is 13.3. The summed E-state index contributed by atoms with van der Waals surface area (Å²) in [6.45, 7) is 0.827. The lowest BCUT2D eigenvalue weighted by Crippen LogP contribution is -2.43. The molecule has 0 aliphatic carbocycles. The van der Waals surface area contributed by atoms with Crippen LogP contribution in [0.25, 0.3) is 16.2 Å². The normalized spacial score (nSPS) is 14.3. The number of nitrogens with one attached hydrogen (secondary N) is 2. The summed E-state index contributed by atoms with van der Waals surface area (Å²) in [6.07, 6.45) is 4.06. The third kappa shape index (κ3) is 7.92. The summed E-state index contributed by atoms with van der Waals surface area (Å²) < 4.78 is 5.77. The molecule has 45 heavy (non-hydrogen) atoms. The highest BCUT2D eigenvalue weighted by atomic mass is 35.5. The van der Waals surface area contributed by atoms with Gasteiger partial charge in [0.15, 0.2) is 0 Å². The number of amides is 3. The van der Waals surface area contributed by atoms with Crippen molar-refractivity contribution in [2.45, 2.75) is 25.3 Å². The fourth-order valence-corrected chi connectivity index (χ4v) is 6.64. The van der Waals surface area contributed by atoms with Crippen LogP contribution in [0.5, 0.6) is 0 Å². The zero-order chi connectivity index (χ0) is 31.9. The molecule has 232 valence electrons. The summed E-state index contributed by atoms with van der Waals surface area (Å²) in [6, 6.07) is 19.1. The van der Waals surface area contributed by atoms with Crippen LogP contribution in [0.1, 0.15) is 46.8 Å². The molecule has 1 fully saturated rings. The Kier molecular flexibility index (Phi) is 10.5. The number of esters is 1. The van der Waals surface area contributed by atoms with Crippen molar-refractivity contribution in [3.63, 3.8) is 0 Å². The summed E-state index contributed by atoms with van der Waals surface area (Å²) >= 11 is 14.4. The Morgan fingerprint density at radius 3 is 2.40 bits per heavy atom. The Labute approximate surface area is 275 Å². The topological polar surface area (TPSA) is 105 Å². The number of hydrogen-bond donors (Lipinski definition) is 2. The van der Waals surface area contributed by atoms with Crippen molar-refractivity contribution in [1.82, 2.24) is 10.2 Å². The van der Waals surface area contributed by atoms with Crippen LogP contribution in [0.3, 0.4) is 0 Å². The zero-order valence-corrected chi connectivity index (χ0v) is 26.8. The number of rotatable bonds is 9. The standard InChI is InChI=1S/C34H31Cl2N3O5S/c1-44-29(41)20-27(21-7-10-26(11-8-21)37-33(42)22-5-3-2-4-6-22)38-34(43)23-13-16-39(17-14-23)28(40)12-9-24-19-25-15-18-45-32(25)31(36)30(24)35/h2-12,15,18-19,23,27H,13-14,16-17,20H2,1H3,(H,37,42)(H,38,43)/b12-9+/t27-/m1/s1. The van der Waals surface area contributed by atoms with E-state index >= 15 is 0 Å². The molecule has 1 aliphatic heterocycles. The van der Waals surface area contributed by atoms with Crippen LogP contribution in [0.15, 0.2) is 78.2 Å². The van der Waals surface area contributed by atoms with E-state index in [0.29, 0.717) is 58.4 Å². The Morgan fingerprint density at radius 1 is 1.00 bits per heavy atom. The van der Waals surface area contributed by atoms with Gasteiger partial charge in [-0.15, -0.1) is 11.3 Å². The van der Waals surface area contributed by atoms with Gasteiger partial charge in [0.05, 0.1) is 34.3 Å². The molecule has 0 saturated carbocycles. The minimum Gasteiger partial charge on any atom is -0.469 e. The Hall–Kier alpha value is -4.18. The number of fused-ring (bicyclic) bond motifs is 1. The van der Waals surface area contributed by atoms with E-state index in [9.17, 15) is 19.2 Å². The van der Waals surface area contributed by atoms with E-state index in [-0.39, 0.29) is 30.1 Å². The van der Waals surface area contributed by atoms with Crippen LogP contribution in [0.2, 0.25) is 10.0 Å². The van der Waals surface area contributed by atoms with E-state index < -0.39 is 12.0 Å². The minimum atomic E-state index is -0.622. The van der Waals surface area contributed by atoms with Crippen molar-refractivity contribution in [2.24, 2.45) is 5.92 Å². The molecule has 1 atom stereocenters. The fraction of sp³-hybridized carbons (Fsp3) is 0.235. The predicted molar refractivity (Wildman–Crippen MR) is 179 cm³/mol. The summed E-state index contributed by atoms with van der Waals surface area (Å²) in [7, 11) is 1.30. The molecule has 2 heterocycles. The largest absolute Gasteiger partial charge is 0.469 e. The first kappa shape index (κ1) is 32.2. The van der Waals surface area contributed by atoms with Crippen molar-refractivity contribution < 1.29 is 23.9 Å². The molecule has 4 aromatic rings. The molecule has 3 amide bonds. The number of benzene rings is 3. The van der Waals surface area contributed by atoms with E-state index in [0.717, 1.165) is 10.1 Å². The first-order valence-corrected chi connectivity index (χ1v) is 16.0. The number of thiophene rings is 1. The van der Waals surface area contributed by atoms with Crippen LogP contribution in [0.4, 0.5) is 5.69 Å². The number of piperidine rings is 1. The first-order chi connectivity index (χ1) is 21.7. The third-order valence-corrected chi connectivity index (χ3v) is 9.70. The molecule has 8 nitrogen and oxygen atoms in total.